The number of non-ortho nitro benzene ring substituents is 1. The third-order valence-corrected chi connectivity index (χ3v) is 6.01. The van der Waals surface area contributed by atoms with E-state index in [-0.39, 0.29) is 24.4 Å². The molecule has 39 heavy (non-hydrogen) atoms. The molecular weight excluding hydrogens is 523 g/mol. The van der Waals surface area contributed by atoms with Gasteiger partial charge in [0, 0.05) is 30.0 Å². The fourth-order valence-corrected chi connectivity index (χ4v) is 3.97. The molecule has 4 rings (SSSR count). The second-order valence-electron chi connectivity index (χ2n) is 8.49. The van der Waals surface area contributed by atoms with Gasteiger partial charge in [-0.05, 0) is 49.2 Å². The molecule has 0 fully saturated rings. The van der Waals surface area contributed by atoms with Gasteiger partial charge in [0.05, 0.1) is 35.4 Å². The average Bonchev–Trinajstić information content (AvgIpc) is 3.54. The highest BCUT2D eigenvalue weighted by molar-refractivity contribution is 5.91. The van der Waals surface area contributed by atoms with Gasteiger partial charge in [-0.1, -0.05) is 12.1 Å². The maximum absolute atomic E-state index is 14.4. The van der Waals surface area contributed by atoms with Crippen LogP contribution in [0, 0.1) is 10.1 Å². The van der Waals surface area contributed by atoms with E-state index in [1.807, 2.05) is 0 Å². The van der Waals surface area contributed by atoms with E-state index in [4.69, 9.17) is 9.47 Å². The normalized spacial score (nSPS) is 13.2. The molecule has 14 heteroatoms. The van der Waals surface area contributed by atoms with Crippen molar-refractivity contribution in [3.8, 4) is 0 Å². The Morgan fingerprint density at radius 3 is 2.36 bits per heavy atom. The number of pyridine rings is 1. The highest BCUT2D eigenvalue weighted by Gasteiger charge is 2.60. The van der Waals surface area contributed by atoms with Gasteiger partial charge in [0.15, 0.2) is 0 Å². The second-order valence-corrected chi connectivity index (χ2v) is 8.49. The van der Waals surface area contributed by atoms with Crippen molar-refractivity contribution < 1.29 is 37.2 Å². The maximum atomic E-state index is 14.4. The highest BCUT2D eigenvalue weighted by atomic mass is 19.4. The Hall–Kier alpha value is -4.75. The topological polar surface area (TPSA) is 131 Å². The van der Waals surface area contributed by atoms with E-state index >= 15 is 0 Å². The summed E-state index contributed by atoms with van der Waals surface area (Å²) in [5, 5.41) is 18.3. The Bertz CT molecular complexity index is 1530. The van der Waals surface area contributed by atoms with Gasteiger partial charge in [-0.25, -0.2) is 14.3 Å². The first kappa shape index (κ1) is 27.3. The zero-order chi connectivity index (χ0) is 28.4. The van der Waals surface area contributed by atoms with Crippen LogP contribution in [0.2, 0.25) is 0 Å². The highest BCUT2D eigenvalue weighted by Crippen LogP contribution is 2.44. The van der Waals surface area contributed by atoms with Crippen LogP contribution in [-0.2, 0) is 21.6 Å². The fourth-order valence-electron chi connectivity index (χ4n) is 3.97. The molecular formula is C25H22F3N5O6. The number of esters is 2. The minimum absolute atomic E-state index is 0.0391. The number of ether oxygens (including phenoxy) is 2. The van der Waals surface area contributed by atoms with Crippen molar-refractivity contribution in [1.29, 1.82) is 0 Å². The quantitative estimate of drug-likeness (QED) is 0.168. The van der Waals surface area contributed by atoms with E-state index in [1.165, 1.54) is 11.6 Å². The fraction of sp³-hybridized carbons (Fsp3) is 0.280. The van der Waals surface area contributed by atoms with Crippen LogP contribution in [0.1, 0.15) is 52.2 Å². The molecule has 0 spiro atoms. The molecule has 0 radical (unpaired) electrons. The number of fused-ring (bicyclic) bond motifs is 1. The predicted octanol–water partition coefficient (Wildman–Crippen LogP) is 4.69. The number of rotatable bonds is 9. The van der Waals surface area contributed by atoms with E-state index < -0.39 is 40.8 Å². The van der Waals surface area contributed by atoms with Crippen molar-refractivity contribution in [3.05, 3.63) is 93.6 Å². The summed E-state index contributed by atoms with van der Waals surface area (Å²) < 4.78 is 55.9. The number of nitrogens with zero attached hydrogens (tertiary/aromatic N) is 5. The lowest BCUT2D eigenvalue weighted by atomic mass is 9.95. The number of carbonyl (C=O) groups is 2. The maximum Gasteiger partial charge on any atom is 0.434 e. The minimum Gasteiger partial charge on any atom is -0.462 e. The average molecular weight is 545 g/mol. The zero-order valence-corrected chi connectivity index (χ0v) is 20.7. The third-order valence-electron chi connectivity index (χ3n) is 6.01. The van der Waals surface area contributed by atoms with E-state index in [0.717, 1.165) is 30.5 Å². The molecule has 0 aliphatic rings. The summed E-state index contributed by atoms with van der Waals surface area (Å²) in [4.78, 5) is 34.8. The standard InChI is InChI=1S/C25H22F3N5O6/c1-3-24(25(26,27)28,39-23(35)17-5-7-19(8-6-17)33(36)37)21-15-32(30-29-21)13-16-9-10-31-14-18(12-20(31)11-16)22(34)38-4-2/h5-12,14-15H,3-4,13H2,1-2H3. The summed E-state index contributed by atoms with van der Waals surface area (Å²) in [6.07, 6.45) is -1.41. The molecule has 11 nitrogen and oxygen atoms in total. The predicted molar refractivity (Wildman–Crippen MR) is 129 cm³/mol. The molecule has 204 valence electrons. The number of aromatic nitrogens is 4. The van der Waals surface area contributed by atoms with Crippen LogP contribution in [0.4, 0.5) is 18.9 Å². The van der Waals surface area contributed by atoms with Crippen molar-refractivity contribution in [2.75, 3.05) is 6.61 Å². The SMILES string of the molecule is CCOC(=O)c1cc2cc(Cn3cc(C(CC)(OC(=O)c4ccc([N+](=O)[O-])cc4)C(F)(F)F)nn3)ccn2c1. The molecule has 0 N–H and O–H groups in total. The molecule has 3 aromatic heterocycles. The van der Waals surface area contributed by atoms with E-state index in [1.54, 1.807) is 41.9 Å². The Morgan fingerprint density at radius 2 is 1.74 bits per heavy atom. The van der Waals surface area contributed by atoms with Gasteiger partial charge < -0.3 is 13.9 Å². The lowest BCUT2D eigenvalue weighted by Gasteiger charge is -2.32. The first-order valence-electron chi connectivity index (χ1n) is 11.7. The third kappa shape index (κ3) is 5.44. The summed E-state index contributed by atoms with van der Waals surface area (Å²) in [6, 6.07) is 9.07. The monoisotopic (exact) mass is 545 g/mol. The smallest absolute Gasteiger partial charge is 0.434 e. The molecule has 0 aliphatic heterocycles. The molecule has 3 heterocycles. The Labute approximate surface area is 218 Å². The summed E-state index contributed by atoms with van der Waals surface area (Å²) in [5.41, 5.74) is -2.69. The largest absolute Gasteiger partial charge is 0.462 e. The van der Waals surface area contributed by atoms with Crippen molar-refractivity contribution in [1.82, 2.24) is 19.4 Å². The van der Waals surface area contributed by atoms with Crippen LogP contribution in [0.3, 0.4) is 0 Å². The van der Waals surface area contributed by atoms with Crippen LogP contribution in [-0.4, -0.2) is 49.0 Å². The minimum atomic E-state index is -5.05. The Kier molecular flexibility index (Phi) is 7.38. The number of halogens is 3. The molecule has 0 saturated heterocycles. The number of hydrogen-bond acceptors (Lipinski definition) is 8. The van der Waals surface area contributed by atoms with E-state index in [2.05, 4.69) is 10.3 Å². The lowest BCUT2D eigenvalue weighted by molar-refractivity contribution is -0.384. The second kappa shape index (κ2) is 10.6. The number of nitro groups is 1. The van der Waals surface area contributed by atoms with Gasteiger partial charge in [-0.2, -0.15) is 13.2 Å². The summed E-state index contributed by atoms with van der Waals surface area (Å²) >= 11 is 0. The zero-order valence-electron chi connectivity index (χ0n) is 20.7. The lowest BCUT2D eigenvalue weighted by Crippen LogP contribution is -2.46. The van der Waals surface area contributed by atoms with E-state index in [9.17, 15) is 32.9 Å². The van der Waals surface area contributed by atoms with Crippen LogP contribution in [0.15, 0.2) is 61.1 Å². The summed E-state index contributed by atoms with van der Waals surface area (Å²) in [5.74, 6) is -1.80. The molecule has 0 bridgehead atoms. The molecule has 1 atom stereocenters. The van der Waals surface area contributed by atoms with Gasteiger partial charge in [0.1, 0.15) is 5.69 Å². The molecule has 4 aromatic rings. The van der Waals surface area contributed by atoms with Crippen LogP contribution in [0.5, 0.6) is 0 Å². The molecule has 1 aromatic carbocycles. The Balaban J connectivity index is 1.59. The summed E-state index contributed by atoms with van der Waals surface area (Å²) in [6.45, 7) is 3.15. The number of carbonyl (C=O) groups excluding carboxylic acids is 2. The summed E-state index contributed by atoms with van der Waals surface area (Å²) in [7, 11) is 0. The number of nitro benzene ring substituents is 1. The van der Waals surface area contributed by atoms with Crippen LogP contribution in [0.25, 0.3) is 5.52 Å². The van der Waals surface area contributed by atoms with Gasteiger partial charge in [-0.15, -0.1) is 5.10 Å². The number of benzene rings is 1. The van der Waals surface area contributed by atoms with Gasteiger partial charge in [0.25, 0.3) is 11.3 Å². The van der Waals surface area contributed by atoms with Gasteiger partial charge >= 0.3 is 18.1 Å². The Morgan fingerprint density at radius 1 is 1.03 bits per heavy atom. The molecule has 1 unspecified atom stereocenters. The van der Waals surface area contributed by atoms with Crippen molar-refractivity contribution in [2.45, 2.75) is 38.6 Å². The first-order valence-corrected chi connectivity index (χ1v) is 11.7. The van der Waals surface area contributed by atoms with Crippen LogP contribution < -0.4 is 0 Å². The van der Waals surface area contributed by atoms with Gasteiger partial charge in [-0.3, -0.25) is 10.1 Å². The molecule has 0 saturated carbocycles. The van der Waals surface area contributed by atoms with Gasteiger partial charge in [0.2, 0.25) is 0 Å². The van der Waals surface area contributed by atoms with Crippen molar-refractivity contribution in [2.24, 2.45) is 0 Å². The van der Waals surface area contributed by atoms with Crippen molar-refractivity contribution in [3.63, 3.8) is 0 Å². The van der Waals surface area contributed by atoms with Crippen molar-refractivity contribution >= 4 is 23.1 Å². The molecule has 0 aliphatic carbocycles. The van der Waals surface area contributed by atoms with E-state index in [0.29, 0.717) is 16.6 Å². The molecule has 0 amide bonds. The van der Waals surface area contributed by atoms with Crippen LogP contribution >= 0.6 is 0 Å². The number of alkyl halides is 3. The first-order chi connectivity index (χ1) is 18.5. The number of hydrogen-bond donors (Lipinski definition) is 0.